The van der Waals surface area contributed by atoms with E-state index in [1.165, 1.54) is 18.5 Å². The maximum Gasteiger partial charge on any atom is 0.226 e. The van der Waals surface area contributed by atoms with Crippen LogP contribution in [0.15, 0.2) is 89.2 Å². The summed E-state index contributed by atoms with van der Waals surface area (Å²) in [6, 6.07) is 22.3. The summed E-state index contributed by atoms with van der Waals surface area (Å²) in [5.41, 5.74) is 4.83. The second-order valence-electron chi connectivity index (χ2n) is 7.49. The molecule has 3 heterocycles. The van der Waals surface area contributed by atoms with Gasteiger partial charge < -0.3 is 10.1 Å². The van der Waals surface area contributed by atoms with E-state index in [2.05, 4.69) is 37.4 Å². The molecule has 0 amide bonds. The standard InChI is InChI=1S/C24H16BrFN4O/c25-16-5-3-4-15(12-16)23-20-21(18-6-1-2-7-19(18)31-23)29-24-27-13-28-30(24)22(20)14-8-10-17(26)11-9-14/h1-13,22-23H,(H,27,28,29). The number of fused-ring (bicyclic) bond motifs is 3. The highest BCUT2D eigenvalue weighted by Gasteiger charge is 2.40. The normalized spacial score (nSPS) is 19.0. The zero-order chi connectivity index (χ0) is 20.9. The predicted octanol–water partition coefficient (Wildman–Crippen LogP) is 5.74. The molecule has 0 fully saturated rings. The van der Waals surface area contributed by atoms with Crippen LogP contribution in [0.25, 0.3) is 5.70 Å². The fourth-order valence-corrected chi connectivity index (χ4v) is 4.74. The van der Waals surface area contributed by atoms with Gasteiger partial charge in [-0.1, -0.05) is 52.3 Å². The lowest BCUT2D eigenvalue weighted by atomic mass is 9.84. The van der Waals surface area contributed by atoms with Gasteiger partial charge in [-0.05, 0) is 47.5 Å². The number of benzene rings is 3. The molecule has 2 aliphatic rings. The molecule has 0 aliphatic carbocycles. The monoisotopic (exact) mass is 474 g/mol. The van der Waals surface area contributed by atoms with E-state index in [9.17, 15) is 4.39 Å². The second-order valence-corrected chi connectivity index (χ2v) is 8.40. The Labute approximate surface area is 186 Å². The first-order chi connectivity index (χ1) is 15.2. The van der Waals surface area contributed by atoms with Crippen molar-refractivity contribution in [3.63, 3.8) is 0 Å². The minimum Gasteiger partial charge on any atom is -0.480 e. The molecule has 1 N–H and O–H groups in total. The highest BCUT2D eigenvalue weighted by Crippen LogP contribution is 2.50. The Morgan fingerprint density at radius 1 is 0.968 bits per heavy atom. The van der Waals surface area contributed by atoms with Gasteiger partial charge in [0.25, 0.3) is 0 Å². The van der Waals surface area contributed by atoms with E-state index >= 15 is 0 Å². The number of hydrogen-bond acceptors (Lipinski definition) is 4. The quantitative estimate of drug-likeness (QED) is 0.402. The third-order valence-corrected chi connectivity index (χ3v) is 6.15. The molecule has 2 atom stereocenters. The molecule has 0 bridgehead atoms. The van der Waals surface area contributed by atoms with E-state index in [0.29, 0.717) is 5.95 Å². The number of hydrogen-bond donors (Lipinski definition) is 1. The van der Waals surface area contributed by atoms with E-state index in [4.69, 9.17) is 4.74 Å². The van der Waals surface area contributed by atoms with E-state index in [0.717, 1.165) is 38.2 Å². The summed E-state index contributed by atoms with van der Waals surface area (Å²) in [7, 11) is 0. The topological polar surface area (TPSA) is 52.0 Å². The molecule has 31 heavy (non-hydrogen) atoms. The lowest BCUT2D eigenvalue weighted by molar-refractivity contribution is 0.223. The zero-order valence-electron chi connectivity index (χ0n) is 16.2. The summed E-state index contributed by atoms with van der Waals surface area (Å²) in [5.74, 6) is 1.15. The number of rotatable bonds is 2. The summed E-state index contributed by atoms with van der Waals surface area (Å²) in [6.45, 7) is 0. The molecule has 7 heteroatoms. The number of nitrogens with zero attached hydrogens (tertiary/aromatic N) is 3. The minimum atomic E-state index is -0.359. The van der Waals surface area contributed by atoms with E-state index in [1.54, 1.807) is 12.1 Å². The molecule has 0 saturated carbocycles. The molecular formula is C24H16BrFN4O. The molecule has 2 unspecified atom stereocenters. The zero-order valence-corrected chi connectivity index (χ0v) is 17.8. The molecule has 0 saturated heterocycles. The Kier molecular flexibility index (Phi) is 4.17. The van der Waals surface area contributed by atoms with E-state index in [1.807, 2.05) is 47.1 Å². The van der Waals surface area contributed by atoms with Gasteiger partial charge in [0.2, 0.25) is 5.95 Å². The second kappa shape index (κ2) is 7.06. The maximum atomic E-state index is 13.7. The molecule has 152 valence electrons. The van der Waals surface area contributed by atoms with Crippen molar-refractivity contribution in [1.29, 1.82) is 0 Å². The van der Waals surface area contributed by atoms with Gasteiger partial charge in [0.15, 0.2) is 0 Å². The van der Waals surface area contributed by atoms with E-state index < -0.39 is 0 Å². The molecule has 5 nitrogen and oxygen atoms in total. The minimum absolute atomic E-state index is 0.278. The average molecular weight is 475 g/mol. The summed E-state index contributed by atoms with van der Waals surface area (Å²) in [6.07, 6.45) is 1.17. The highest BCUT2D eigenvalue weighted by molar-refractivity contribution is 9.10. The molecule has 1 aromatic heterocycles. The number of halogens is 2. The average Bonchev–Trinajstić information content (AvgIpc) is 3.26. The van der Waals surface area contributed by atoms with Crippen LogP contribution in [0.1, 0.15) is 28.8 Å². The summed E-state index contributed by atoms with van der Waals surface area (Å²) in [5, 5.41) is 7.94. The largest absolute Gasteiger partial charge is 0.480 e. The van der Waals surface area contributed by atoms with Gasteiger partial charge >= 0.3 is 0 Å². The van der Waals surface area contributed by atoms with Gasteiger partial charge in [-0.3, -0.25) is 0 Å². The van der Waals surface area contributed by atoms with Gasteiger partial charge in [0, 0.05) is 15.6 Å². The Balaban J connectivity index is 1.63. The predicted molar refractivity (Wildman–Crippen MR) is 119 cm³/mol. The van der Waals surface area contributed by atoms with Gasteiger partial charge in [-0.25, -0.2) is 9.07 Å². The smallest absolute Gasteiger partial charge is 0.226 e. The number of anilines is 1. The van der Waals surface area contributed by atoms with Crippen LogP contribution in [0.4, 0.5) is 10.3 Å². The Bertz CT molecular complexity index is 1330. The van der Waals surface area contributed by atoms with Crippen molar-refractivity contribution in [3.05, 3.63) is 112 Å². The van der Waals surface area contributed by atoms with Crippen molar-refractivity contribution in [2.24, 2.45) is 0 Å². The Hall–Kier alpha value is -3.45. The summed E-state index contributed by atoms with van der Waals surface area (Å²) >= 11 is 3.58. The lowest BCUT2D eigenvalue weighted by Gasteiger charge is -2.39. The van der Waals surface area contributed by atoms with Crippen molar-refractivity contribution in [3.8, 4) is 5.75 Å². The Morgan fingerprint density at radius 2 is 1.81 bits per heavy atom. The highest BCUT2D eigenvalue weighted by atomic mass is 79.9. The fourth-order valence-electron chi connectivity index (χ4n) is 4.33. The third-order valence-electron chi connectivity index (χ3n) is 5.66. The van der Waals surface area contributed by atoms with Gasteiger partial charge in [-0.15, -0.1) is 0 Å². The fraction of sp³-hybridized carbons (Fsp3) is 0.0833. The summed E-state index contributed by atoms with van der Waals surface area (Å²) < 4.78 is 23.1. The maximum absolute atomic E-state index is 13.7. The number of aromatic nitrogens is 3. The van der Waals surface area contributed by atoms with Crippen LogP contribution >= 0.6 is 15.9 Å². The third kappa shape index (κ3) is 2.96. The summed E-state index contributed by atoms with van der Waals surface area (Å²) in [4.78, 5) is 4.41. The van der Waals surface area contributed by atoms with Crippen LogP contribution in [-0.2, 0) is 0 Å². The first kappa shape index (κ1) is 18.3. The van der Waals surface area contributed by atoms with Crippen molar-refractivity contribution in [2.75, 3.05) is 5.32 Å². The van der Waals surface area contributed by atoms with Crippen LogP contribution in [0.3, 0.4) is 0 Å². The molecule has 3 aromatic carbocycles. The van der Waals surface area contributed by atoms with Gasteiger partial charge in [0.05, 0.1) is 5.70 Å². The van der Waals surface area contributed by atoms with Crippen molar-refractivity contribution < 1.29 is 9.13 Å². The van der Waals surface area contributed by atoms with Crippen LogP contribution < -0.4 is 10.1 Å². The SMILES string of the molecule is Fc1ccc(C2C3=C(Nc4ncnn42)c2ccccc2OC3c2cccc(Br)c2)cc1. The number of ether oxygens (including phenoxy) is 1. The van der Waals surface area contributed by atoms with Crippen LogP contribution in [0, 0.1) is 5.82 Å². The lowest BCUT2D eigenvalue weighted by Crippen LogP contribution is -2.32. The molecule has 2 aliphatic heterocycles. The van der Waals surface area contributed by atoms with Crippen LogP contribution in [0.2, 0.25) is 0 Å². The van der Waals surface area contributed by atoms with Crippen LogP contribution in [0.5, 0.6) is 5.75 Å². The Morgan fingerprint density at radius 3 is 2.65 bits per heavy atom. The molecule has 0 radical (unpaired) electrons. The van der Waals surface area contributed by atoms with Crippen molar-refractivity contribution >= 4 is 27.6 Å². The van der Waals surface area contributed by atoms with Crippen molar-refractivity contribution in [2.45, 2.75) is 12.1 Å². The molecule has 0 spiro atoms. The van der Waals surface area contributed by atoms with Crippen LogP contribution in [-0.4, -0.2) is 14.8 Å². The van der Waals surface area contributed by atoms with Crippen molar-refractivity contribution in [1.82, 2.24) is 14.8 Å². The first-order valence-corrected chi connectivity index (χ1v) is 10.7. The first-order valence-electron chi connectivity index (χ1n) is 9.86. The number of para-hydroxylation sites is 1. The van der Waals surface area contributed by atoms with Gasteiger partial charge in [-0.2, -0.15) is 10.1 Å². The number of nitrogens with one attached hydrogen (secondary N) is 1. The molecular weight excluding hydrogens is 459 g/mol. The molecule has 4 aromatic rings. The van der Waals surface area contributed by atoms with Gasteiger partial charge in [0.1, 0.15) is 30.0 Å². The molecule has 6 rings (SSSR count). The van der Waals surface area contributed by atoms with E-state index in [-0.39, 0.29) is 18.0 Å².